The minimum Gasteiger partial charge on any atom is -0.478 e. The molecule has 1 unspecified atom stereocenters. The highest BCUT2D eigenvalue weighted by molar-refractivity contribution is 7.99. The topological polar surface area (TPSA) is 95.5 Å². The molecule has 0 aromatic rings. The fraction of sp³-hybridized carbons (Fsp3) is 0.583. The Labute approximate surface area is 117 Å². The van der Waals surface area contributed by atoms with Crippen LogP contribution in [0.15, 0.2) is 11.1 Å². The molecule has 3 amide bonds. The van der Waals surface area contributed by atoms with Crippen LogP contribution in [0, 0.1) is 0 Å². The molecule has 6 nitrogen and oxygen atoms in total. The highest BCUT2D eigenvalue weighted by Crippen LogP contribution is 2.07. The van der Waals surface area contributed by atoms with E-state index in [0.717, 1.165) is 6.42 Å². The normalized spacial score (nSPS) is 13.3. The number of thioether (sulfide) groups is 1. The van der Waals surface area contributed by atoms with Crippen molar-refractivity contribution in [2.45, 2.75) is 32.4 Å². The van der Waals surface area contributed by atoms with E-state index in [1.807, 2.05) is 13.2 Å². The molecule has 0 radical (unpaired) electrons. The second-order valence-corrected chi connectivity index (χ2v) is 5.38. The summed E-state index contributed by atoms with van der Waals surface area (Å²) in [6.45, 7) is 5.18. The van der Waals surface area contributed by atoms with Crippen molar-refractivity contribution in [3.63, 3.8) is 0 Å². The molecule has 0 rings (SSSR count). The van der Waals surface area contributed by atoms with E-state index in [1.54, 1.807) is 11.8 Å². The van der Waals surface area contributed by atoms with E-state index in [4.69, 9.17) is 5.11 Å². The van der Waals surface area contributed by atoms with Crippen LogP contribution in [-0.4, -0.2) is 41.1 Å². The van der Waals surface area contributed by atoms with Gasteiger partial charge in [0.05, 0.1) is 0 Å². The number of carbonyl (C=O) groups is 3. The second-order valence-electron chi connectivity index (χ2n) is 4.10. The lowest BCUT2D eigenvalue weighted by Crippen LogP contribution is -2.40. The molecule has 0 aliphatic heterocycles. The predicted molar refractivity (Wildman–Crippen MR) is 75.1 cm³/mol. The number of carbonyl (C=O) groups excluding carboxylic acids is 2. The molecule has 0 aromatic heterocycles. The van der Waals surface area contributed by atoms with Gasteiger partial charge in [-0.25, -0.2) is 9.59 Å². The molecule has 0 saturated heterocycles. The summed E-state index contributed by atoms with van der Waals surface area (Å²) in [5.41, 5.74) is -0.0681. The number of carboxylic acids is 1. The number of urea groups is 1. The average molecular weight is 288 g/mol. The maximum atomic E-state index is 11.6. The Hall–Kier alpha value is -1.50. The molecule has 0 spiro atoms. The van der Waals surface area contributed by atoms with Gasteiger partial charge in [-0.1, -0.05) is 6.92 Å². The Bertz CT molecular complexity index is 393. The van der Waals surface area contributed by atoms with Crippen LogP contribution >= 0.6 is 11.8 Å². The number of hydrogen-bond donors (Lipinski definition) is 3. The third kappa shape index (κ3) is 6.85. The first kappa shape index (κ1) is 17.5. The number of aliphatic carboxylic acids is 1. The van der Waals surface area contributed by atoms with Crippen molar-refractivity contribution in [2.24, 2.45) is 0 Å². The van der Waals surface area contributed by atoms with E-state index in [2.05, 4.69) is 10.6 Å². The van der Waals surface area contributed by atoms with Crippen LogP contribution in [0.25, 0.3) is 0 Å². The predicted octanol–water partition coefficient (Wildman–Crippen LogP) is 1.37. The van der Waals surface area contributed by atoms with Crippen molar-refractivity contribution in [3.05, 3.63) is 11.1 Å². The average Bonchev–Trinajstić information content (AvgIpc) is 2.36. The largest absolute Gasteiger partial charge is 0.478 e. The van der Waals surface area contributed by atoms with Gasteiger partial charge in [-0.15, -0.1) is 0 Å². The van der Waals surface area contributed by atoms with Crippen LogP contribution in [0.3, 0.4) is 0 Å². The summed E-state index contributed by atoms with van der Waals surface area (Å²) in [4.78, 5) is 33.6. The molecule has 0 aromatic carbocycles. The first-order valence-electron chi connectivity index (χ1n) is 5.82. The number of nitrogens with one attached hydrogen (secondary N) is 2. The number of amides is 3. The molecule has 108 valence electrons. The Morgan fingerprint density at radius 1 is 1.21 bits per heavy atom. The maximum absolute atomic E-state index is 11.6. The Morgan fingerprint density at radius 3 is 2.26 bits per heavy atom. The van der Waals surface area contributed by atoms with Gasteiger partial charge >= 0.3 is 12.0 Å². The van der Waals surface area contributed by atoms with Crippen LogP contribution in [-0.2, 0) is 9.59 Å². The highest BCUT2D eigenvalue weighted by atomic mass is 32.2. The number of hydrogen-bond acceptors (Lipinski definition) is 4. The van der Waals surface area contributed by atoms with Crippen molar-refractivity contribution in [1.29, 1.82) is 0 Å². The van der Waals surface area contributed by atoms with Crippen molar-refractivity contribution in [2.75, 3.05) is 12.8 Å². The molecule has 0 heterocycles. The van der Waals surface area contributed by atoms with Crippen molar-refractivity contribution in [1.82, 2.24) is 10.6 Å². The summed E-state index contributed by atoms with van der Waals surface area (Å²) in [6.07, 6.45) is 2.78. The van der Waals surface area contributed by atoms with Gasteiger partial charge in [0.25, 0.3) is 5.91 Å². The molecule has 0 saturated carbocycles. The number of carboxylic acid groups (broad SMARTS) is 1. The molecule has 19 heavy (non-hydrogen) atoms. The fourth-order valence-corrected chi connectivity index (χ4v) is 1.43. The zero-order chi connectivity index (χ0) is 15.0. The van der Waals surface area contributed by atoms with E-state index >= 15 is 0 Å². The van der Waals surface area contributed by atoms with Crippen LogP contribution in [0.5, 0.6) is 0 Å². The van der Waals surface area contributed by atoms with Crippen molar-refractivity contribution in [3.8, 4) is 0 Å². The van der Waals surface area contributed by atoms with Gasteiger partial charge in [-0.05, 0) is 26.5 Å². The molecule has 7 heteroatoms. The molecule has 0 aliphatic rings. The Morgan fingerprint density at radius 2 is 1.79 bits per heavy atom. The van der Waals surface area contributed by atoms with E-state index in [9.17, 15) is 14.4 Å². The quantitative estimate of drug-likeness (QED) is 0.642. The van der Waals surface area contributed by atoms with Crippen LogP contribution in [0.4, 0.5) is 4.79 Å². The minimum atomic E-state index is -1.18. The zero-order valence-corrected chi connectivity index (χ0v) is 12.4. The zero-order valence-electron chi connectivity index (χ0n) is 11.6. The Balaban J connectivity index is 4.24. The van der Waals surface area contributed by atoms with Crippen LogP contribution in [0.2, 0.25) is 0 Å². The molecule has 0 fully saturated rings. The lowest BCUT2D eigenvalue weighted by molar-refractivity contribution is -0.133. The molecular weight excluding hydrogens is 268 g/mol. The van der Waals surface area contributed by atoms with Gasteiger partial charge in [-0.2, -0.15) is 11.8 Å². The van der Waals surface area contributed by atoms with Gasteiger partial charge in [0.2, 0.25) is 0 Å². The molecule has 0 bridgehead atoms. The van der Waals surface area contributed by atoms with Gasteiger partial charge in [0, 0.05) is 22.9 Å². The smallest absolute Gasteiger partial charge is 0.331 e. The van der Waals surface area contributed by atoms with Crippen molar-refractivity contribution >= 4 is 29.7 Å². The lowest BCUT2D eigenvalue weighted by atomic mass is 10.1. The second kappa shape index (κ2) is 8.58. The van der Waals surface area contributed by atoms with Gasteiger partial charge in [0.1, 0.15) is 0 Å². The lowest BCUT2D eigenvalue weighted by Gasteiger charge is -2.10. The summed E-state index contributed by atoms with van der Waals surface area (Å²) < 4.78 is 0. The third-order valence-corrected chi connectivity index (χ3v) is 3.73. The summed E-state index contributed by atoms with van der Waals surface area (Å²) >= 11 is 1.69. The minimum absolute atomic E-state index is 0.0140. The summed E-state index contributed by atoms with van der Waals surface area (Å²) in [5, 5.41) is 13.8. The van der Waals surface area contributed by atoms with E-state index < -0.39 is 17.9 Å². The molecular formula is C12H20N2O4S. The summed E-state index contributed by atoms with van der Waals surface area (Å²) in [6, 6.07) is -0.615. The van der Waals surface area contributed by atoms with E-state index in [-0.39, 0.29) is 11.1 Å². The third-order valence-electron chi connectivity index (χ3n) is 2.69. The van der Waals surface area contributed by atoms with E-state index in [1.165, 1.54) is 13.8 Å². The SMILES string of the molecule is CSC(C)CCNC(=O)NC(=O)C(C)=C(C)C(=O)O. The van der Waals surface area contributed by atoms with Gasteiger partial charge in [-0.3, -0.25) is 10.1 Å². The van der Waals surface area contributed by atoms with Gasteiger partial charge in [0.15, 0.2) is 0 Å². The van der Waals surface area contributed by atoms with Crippen LogP contribution in [0.1, 0.15) is 27.2 Å². The number of rotatable bonds is 6. The fourth-order valence-electron chi connectivity index (χ4n) is 1.08. The first-order chi connectivity index (χ1) is 8.79. The molecule has 1 atom stereocenters. The summed E-state index contributed by atoms with van der Waals surface area (Å²) in [5.74, 6) is -1.88. The first-order valence-corrected chi connectivity index (χ1v) is 7.11. The van der Waals surface area contributed by atoms with E-state index in [0.29, 0.717) is 11.8 Å². The standard InChI is InChI=1S/C12H20N2O4S/c1-7(19-4)5-6-13-12(18)14-10(15)8(2)9(3)11(16)17/h7H,5-6H2,1-4H3,(H,16,17)(H2,13,14,15,18). The maximum Gasteiger partial charge on any atom is 0.331 e. The van der Waals surface area contributed by atoms with Gasteiger partial charge < -0.3 is 10.4 Å². The molecule has 3 N–H and O–H groups in total. The highest BCUT2D eigenvalue weighted by Gasteiger charge is 2.14. The van der Waals surface area contributed by atoms with Crippen LogP contribution < -0.4 is 10.6 Å². The number of imide groups is 1. The summed E-state index contributed by atoms with van der Waals surface area (Å²) in [7, 11) is 0. The Kier molecular flexibility index (Phi) is 7.90. The monoisotopic (exact) mass is 288 g/mol. The van der Waals surface area contributed by atoms with Crippen molar-refractivity contribution < 1.29 is 19.5 Å². The molecule has 0 aliphatic carbocycles.